The highest BCUT2D eigenvalue weighted by atomic mass is 16.6. The Hall–Kier alpha value is -2.84. The summed E-state index contributed by atoms with van der Waals surface area (Å²) in [6.07, 6.45) is 1.95. The van der Waals surface area contributed by atoms with Crippen LogP contribution in [0.4, 0.5) is 5.69 Å². The zero-order chi connectivity index (χ0) is 15.2. The fourth-order valence-electron chi connectivity index (χ4n) is 1.92. The van der Waals surface area contributed by atoms with Crippen LogP contribution in [0.15, 0.2) is 30.6 Å². The van der Waals surface area contributed by atoms with Gasteiger partial charge in [-0.25, -0.2) is 4.68 Å². The third kappa shape index (κ3) is 3.81. The van der Waals surface area contributed by atoms with Crippen molar-refractivity contribution in [1.29, 1.82) is 0 Å². The van der Waals surface area contributed by atoms with Gasteiger partial charge in [0.25, 0.3) is 5.69 Å². The molecule has 110 valence electrons. The maximum atomic E-state index is 11.9. The highest BCUT2D eigenvalue weighted by Crippen LogP contribution is 2.21. The van der Waals surface area contributed by atoms with Crippen molar-refractivity contribution in [1.82, 2.24) is 25.5 Å². The molecule has 0 aliphatic carbocycles. The average molecular weight is 290 g/mol. The monoisotopic (exact) mass is 290 g/mol. The van der Waals surface area contributed by atoms with E-state index in [0.29, 0.717) is 12.0 Å². The van der Waals surface area contributed by atoms with Crippen LogP contribution >= 0.6 is 0 Å². The fourth-order valence-corrected chi connectivity index (χ4v) is 1.92. The molecule has 2 rings (SSSR count). The molecule has 1 amide bonds. The summed E-state index contributed by atoms with van der Waals surface area (Å²) >= 11 is 0. The van der Waals surface area contributed by atoms with Gasteiger partial charge < -0.3 is 5.32 Å². The first kappa shape index (κ1) is 14.6. The Morgan fingerprint density at radius 1 is 1.52 bits per heavy atom. The second kappa shape index (κ2) is 6.55. The number of carbonyl (C=O) groups excluding carboxylic acids is 1. The van der Waals surface area contributed by atoms with E-state index in [2.05, 4.69) is 20.8 Å². The lowest BCUT2D eigenvalue weighted by molar-refractivity contribution is -0.384. The molecule has 1 N–H and O–H groups in total. The molecule has 0 saturated heterocycles. The molecular formula is C12H14N6O3. The number of nitrogens with one attached hydrogen (secondary N) is 1. The quantitative estimate of drug-likeness (QED) is 0.622. The number of hydrogen-bond donors (Lipinski definition) is 1. The van der Waals surface area contributed by atoms with E-state index in [1.54, 1.807) is 12.1 Å². The molecule has 0 aliphatic heterocycles. The molecule has 1 aromatic heterocycles. The number of carbonyl (C=O) groups is 1. The Morgan fingerprint density at radius 3 is 2.95 bits per heavy atom. The highest BCUT2D eigenvalue weighted by molar-refractivity contribution is 5.76. The molecule has 9 heteroatoms. The maximum absolute atomic E-state index is 11.9. The van der Waals surface area contributed by atoms with E-state index in [1.165, 1.54) is 23.1 Å². The van der Waals surface area contributed by atoms with Crippen LogP contribution in [0, 0.1) is 10.1 Å². The molecular weight excluding hydrogens is 276 g/mol. The van der Waals surface area contributed by atoms with Crippen LogP contribution in [0.25, 0.3) is 0 Å². The largest absolute Gasteiger partial charge is 0.348 e. The van der Waals surface area contributed by atoms with E-state index >= 15 is 0 Å². The zero-order valence-electron chi connectivity index (χ0n) is 11.3. The van der Waals surface area contributed by atoms with E-state index in [0.717, 1.165) is 0 Å². The number of nitrogens with zero attached hydrogens (tertiary/aromatic N) is 5. The molecule has 0 fully saturated rings. The van der Waals surface area contributed by atoms with Gasteiger partial charge in [-0.15, -0.1) is 5.10 Å². The van der Waals surface area contributed by atoms with Gasteiger partial charge in [0.2, 0.25) is 5.91 Å². The highest BCUT2D eigenvalue weighted by Gasteiger charge is 2.16. The number of aromatic nitrogens is 4. The lowest BCUT2D eigenvalue weighted by atomic mass is 10.0. The third-order valence-corrected chi connectivity index (χ3v) is 2.92. The number of hydrogen-bond acceptors (Lipinski definition) is 6. The number of tetrazole rings is 1. The average Bonchev–Trinajstić information content (AvgIpc) is 2.97. The molecule has 9 nitrogen and oxygen atoms in total. The molecule has 0 unspecified atom stereocenters. The second-order valence-corrected chi connectivity index (χ2v) is 4.39. The molecule has 0 radical (unpaired) electrons. The molecule has 21 heavy (non-hydrogen) atoms. The number of nitro benzene ring substituents is 1. The van der Waals surface area contributed by atoms with Gasteiger partial charge in [0.15, 0.2) is 0 Å². The number of amides is 1. The van der Waals surface area contributed by atoms with Gasteiger partial charge in [0.05, 0.1) is 11.0 Å². The molecule has 1 aromatic carbocycles. The summed E-state index contributed by atoms with van der Waals surface area (Å²) in [6, 6.07) is 5.93. The van der Waals surface area contributed by atoms with Gasteiger partial charge in [0, 0.05) is 12.1 Å². The van der Waals surface area contributed by atoms with Crippen molar-refractivity contribution in [2.45, 2.75) is 25.9 Å². The van der Waals surface area contributed by atoms with Crippen LogP contribution < -0.4 is 5.32 Å². The molecule has 0 bridgehead atoms. The summed E-state index contributed by atoms with van der Waals surface area (Å²) in [5, 5.41) is 24.1. The summed E-state index contributed by atoms with van der Waals surface area (Å²) in [5.41, 5.74) is 0.692. The van der Waals surface area contributed by atoms with Crippen molar-refractivity contribution in [2.75, 3.05) is 0 Å². The summed E-state index contributed by atoms with van der Waals surface area (Å²) in [5.74, 6) is -0.263. The van der Waals surface area contributed by atoms with Gasteiger partial charge in [-0.2, -0.15) is 0 Å². The summed E-state index contributed by atoms with van der Waals surface area (Å²) in [7, 11) is 0. The predicted molar refractivity (Wildman–Crippen MR) is 72.1 cm³/mol. The number of rotatable bonds is 6. The minimum absolute atomic E-state index is 0.000625. The Bertz CT molecular complexity index is 628. The summed E-state index contributed by atoms with van der Waals surface area (Å²) < 4.78 is 1.30. The van der Waals surface area contributed by atoms with Crippen molar-refractivity contribution < 1.29 is 9.72 Å². The Balaban J connectivity index is 2.07. The van der Waals surface area contributed by atoms with Crippen molar-refractivity contribution in [3.8, 4) is 0 Å². The van der Waals surface area contributed by atoms with Gasteiger partial charge in [-0.1, -0.05) is 19.1 Å². The Labute approximate surface area is 120 Å². The van der Waals surface area contributed by atoms with E-state index < -0.39 is 4.92 Å². The Kier molecular flexibility index (Phi) is 4.54. The van der Waals surface area contributed by atoms with Gasteiger partial charge >= 0.3 is 0 Å². The first-order chi connectivity index (χ1) is 10.1. The fraction of sp³-hybridized carbons (Fsp3) is 0.333. The molecule has 0 spiro atoms. The van der Waals surface area contributed by atoms with Crippen LogP contribution in [0.2, 0.25) is 0 Å². The van der Waals surface area contributed by atoms with Crippen LogP contribution in [-0.2, 0) is 11.3 Å². The molecule has 0 aliphatic rings. The topological polar surface area (TPSA) is 116 Å². The molecule has 0 saturated carbocycles. The maximum Gasteiger partial charge on any atom is 0.269 e. The van der Waals surface area contributed by atoms with Crippen molar-refractivity contribution in [3.63, 3.8) is 0 Å². The van der Waals surface area contributed by atoms with Gasteiger partial charge in [-0.3, -0.25) is 14.9 Å². The third-order valence-electron chi connectivity index (χ3n) is 2.92. The first-order valence-electron chi connectivity index (χ1n) is 6.34. The lowest BCUT2D eigenvalue weighted by Gasteiger charge is -2.17. The van der Waals surface area contributed by atoms with E-state index in [9.17, 15) is 14.9 Å². The van der Waals surface area contributed by atoms with Crippen molar-refractivity contribution in [2.24, 2.45) is 0 Å². The first-order valence-corrected chi connectivity index (χ1v) is 6.34. The van der Waals surface area contributed by atoms with Crippen LogP contribution in [-0.4, -0.2) is 31.0 Å². The molecule has 1 atom stereocenters. The van der Waals surface area contributed by atoms with Gasteiger partial charge in [-0.05, 0) is 22.4 Å². The summed E-state index contributed by atoms with van der Waals surface area (Å²) in [6.45, 7) is 1.89. The van der Waals surface area contributed by atoms with E-state index in [1.807, 2.05) is 6.92 Å². The van der Waals surface area contributed by atoms with Crippen LogP contribution in [0.5, 0.6) is 0 Å². The minimum atomic E-state index is -0.459. The number of benzene rings is 1. The smallest absolute Gasteiger partial charge is 0.269 e. The zero-order valence-corrected chi connectivity index (χ0v) is 11.3. The molecule has 2 aromatic rings. The van der Waals surface area contributed by atoms with Crippen LogP contribution in [0.3, 0.4) is 0 Å². The standard InChI is InChI=1S/C12H14N6O3/c1-2-11(9-4-3-5-10(6-9)18(20)21)14-12(19)7-17-8-13-15-16-17/h3-6,8,11H,2,7H2,1H3,(H,14,19)/t11-/m1/s1. The minimum Gasteiger partial charge on any atom is -0.348 e. The van der Waals surface area contributed by atoms with Crippen LogP contribution in [0.1, 0.15) is 24.9 Å². The van der Waals surface area contributed by atoms with Crippen molar-refractivity contribution in [3.05, 3.63) is 46.3 Å². The lowest BCUT2D eigenvalue weighted by Crippen LogP contribution is -2.31. The predicted octanol–water partition coefficient (Wildman–Crippen LogP) is 0.849. The SMILES string of the molecule is CC[C@@H](NC(=O)Cn1cnnn1)c1cccc([N+](=O)[O-])c1. The Morgan fingerprint density at radius 2 is 2.33 bits per heavy atom. The van der Waals surface area contributed by atoms with E-state index in [4.69, 9.17) is 0 Å². The summed E-state index contributed by atoms with van der Waals surface area (Å²) in [4.78, 5) is 22.2. The normalized spacial score (nSPS) is 11.9. The number of non-ortho nitro benzene ring substituents is 1. The van der Waals surface area contributed by atoms with Crippen molar-refractivity contribution >= 4 is 11.6 Å². The van der Waals surface area contributed by atoms with Gasteiger partial charge in [0.1, 0.15) is 12.9 Å². The van der Waals surface area contributed by atoms with E-state index in [-0.39, 0.29) is 24.2 Å². The second-order valence-electron chi connectivity index (χ2n) is 4.39. The molecule has 1 heterocycles. The number of nitro groups is 1.